The van der Waals surface area contributed by atoms with E-state index in [1.54, 1.807) is 0 Å². The molecule has 0 radical (unpaired) electrons. The molecular formula is C11H10N2O4. The van der Waals surface area contributed by atoms with Crippen LogP contribution in [0.5, 0.6) is 5.88 Å². The van der Waals surface area contributed by atoms with Crippen LogP contribution < -0.4 is 4.74 Å². The van der Waals surface area contributed by atoms with Crippen molar-refractivity contribution in [2.45, 2.75) is 6.61 Å². The molecule has 1 aromatic heterocycles. The van der Waals surface area contributed by atoms with Gasteiger partial charge in [-0.2, -0.15) is 0 Å². The zero-order chi connectivity index (χ0) is 12.1. The second-order valence-corrected chi connectivity index (χ2v) is 3.18. The molecule has 6 nitrogen and oxygen atoms in total. The Morgan fingerprint density at radius 2 is 2.06 bits per heavy atom. The standard InChI is InChI=1S/C11H10N2O4/c1-15-11(14)9-10(13-17-12-9)16-7-8-5-3-2-4-6-8/h2-6H,7H2,1H3. The molecule has 0 aliphatic carbocycles. The summed E-state index contributed by atoms with van der Waals surface area (Å²) < 4.78 is 14.3. The molecule has 2 rings (SSSR count). The van der Waals surface area contributed by atoms with Gasteiger partial charge in [0.05, 0.1) is 7.11 Å². The molecule has 0 saturated heterocycles. The number of carbonyl (C=O) groups is 1. The number of carbonyl (C=O) groups excluding carboxylic acids is 1. The van der Waals surface area contributed by atoms with Gasteiger partial charge in [-0.15, -0.1) is 0 Å². The third kappa shape index (κ3) is 2.60. The summed E-state index contributed by atoms with van der Waals surface area (Å²) in [6, 6.07) is 9.47. The Kier molecular flexibility index (Phi) is 3.34. The van der Waals surface area contributed by atoms with Gasteiger partial charge in [0.2, 0.25) is 0 Å². The maximum absolute atomic E-state index is 11.2. The molecule has 17 heavy (non-hydrogen) atoms. The molecule has 0 aliphatic heterocycles. The predicted octanol–water partition coefficient (Wildman–Crippen LogP) is 1.44. The van der Waals surface area contributed by atoms with Crippen molar-refractivity contribution in [2.75, 3.05) is 7.11 Å². The van der Waals surface area contributed by atoms with Crippen molar-refractivity contribution in [2.24, 2.45) is 0 Å². The van der Waals surface area contributed by atoms with Crippen LogP contribution in [0, 0.1) is 0 Å². The fourth-order valence-electron chi connectivity index (χ4n) is 1.22. The van der Waals surface area contributed by atoms with E-state index >= 15 is 0 Å². The van der Waals surface area contributed by atoms with Crippen LogP contribution in [-0.4, -0.2) is 23.4 Å². The molecule has 0 saturated carbocycles. The number of benzene rings is 1. The molecule has 0 bridgehead atoms. The van der Waals surface area contributed by atoms with E-state index in [1.165, 1.54) is 7.11 Å². The first-order valence-corrected chi connectivity index (χ1v) is 4.89. The van der Waals surface area contributed by atoms with E-state index in [0.29, 0.717) is 0 Å². The molecule has 0 atom stereocenters. The largest absolute Gasteiger partial charge is 0.469 e. The maximum atomic E-state index is 11.2. The van der Waals surface area contributed by atoms with Gasteiger partial charge in [0.25, 0.3) is 11.6 Å². The van der Waals surface area contributed by atoms with Crippen molar-refractivity contribution in [1.82, 2.24) is 10.3 Å². The number of esters is 1. The molecule has 1 heterocycles. The normalized spacial score (nSPS) is 9.94. The molecular weight excluding hydrogens is 224 g/mol. The molecule has 0 fully saturated rings. The SMILES string of the molecule is COC(=O)c1nonc1OCc1ccccc1. The second kappa shape index (κ2) is 5.11. The number of aromatic nitrogens is 2. The third-order valence-corrected chi connectivity index (χ3v) is 2.06. The van der Waals surface area contributed by atoms with E-state index < -0.39 is 5.97 Å². The number of ether oxygens (including phenoxy) is 2. The molecule has 0 amide bonds. The van der Waals surface area contributed by atoms with Gasteiger partial charge in [-0.25, -0.2) is 9.42 Å². The van der Waals surface area contributed by atoms with Gasteiger partial charge in [0.1, 0.15) is 6.61 Å². The Morgan fingerprint density at radius 1 is 1.29 bits per heavy atom. The average molecular weight is 234 g/mol. The quantitative estimate of drug-likeness (QED) is 0.745. The van der Waals surface area contributed by atoms with Crippen LogP contribution in [-0.2, 0) is 11.3 Å². The van der Waals surface area contributed by atoms with E-state index in [2.05, 4.69) is 19.7 Å². The molecule has 0 spiro atoms. The topological polar surface area (TPSA) is 74.5 Å². The van der Waals surface area contributed by atoms with Crippen LogP contribution in [0.4, 0.5) is 0 Å². The van der Waals surface area contributed by atoms with Crippen molar-refractivity contribution >= 4 is 5.97 Å². The molecule has 0 N–H and O–H groups in total. The van der Waals surface area contributed by atoms with Gasteiger partial charge >= 0.3 is 5.97 Å². The summed E-state index contributed by atoms with van der Waals surface area (Å²) in [5.74, 6) is -0.616. The Morgan fingerprint density at radius 3 is 2.76 bits per heavy atom. The number of hydrogen-bond donors (Lipinski definition) is 0. The molecule has 2 aromatic rings. The number of nitrogens with zero attached hydrogens (tertiary/aromatic N) is 2. The van der Waals surface area contributed by atoms with Crippen molar-refractivity contribution in [1.29, 1.82) is 0 Å². The molecule has 88 valence electrons. The van der Waals surface area contributed by atoms with Crippen LogP contribution in [0.15, 0.2) is 35.0 Å². The highest BCUT2D eigenvalue weighted by molar-refractivity contribution is 5.89. The Hall–Kier alpha value is -2.37. The van der Waals surface area contributed by atoms with Crippen molar-refractivity contribution in [3.05, 3.63) is 41.6 Å². The summed E-state index contributed by atoms with van der Waals surface area (Å²) in [6.07, 6.45) is 0. The molecule has 6 heteroatoms. The van der Waals surface area contributed by atoms with Crippen LogP contribution in [0.25, 0.3) is 0 Å². The van der Waals surface area contributed by atoms with Crippen molar-refractivity contribution < 1.29 is 18.9 Å². The fraction of sp³-hybridized carbons (Fsp3) is 0.182. The second-order valence-electron chi connectivity index (χ2n) is 3.18. The first-order chi connectivity index (χ1) is 8.31. The van der Waals surface area contributed by atoms with Gasteiger partial charge in [0.15, 0.2) is 0 Å². The third-order valence-electron chi connectivity index (χ3n) is 2.06. The Labute approximate surface area is 97.1 Å². The molecule has 1 aromatic carbocycles. The van der Waals surface area contributed by atoms with Crippen LogP contribution in [0.3, 0.4) is 0 Å². The lowest BCUT2D eigenvalue weighted by molar-refractivity contribution is 0.0584. The minimum Gasteiger partial charge on any atom is -0.469 e. The highest BCUT2D eigenvalue weighted by Gasteiger charge is 2.20. The Balaban J connectivity index is 2.05. The zero-order valence-corrected chi connectivity index (χ0v) is 9.12. The van der Waals surface area contributed by atoms with E-state index in [0.717, 1.165) is 5.56 Å². The van der Waals surface area contributed by atoms with E-state index in [-0.39, 0.29) is 18.2 Å². The van der Waals surface area contributed by atoms with Crippen LogP contribution >= 0.6 is 0 Å². The summed E-state index contributed by atoms with van der Waals surface area (Å²) in [4.78, 5) is 11.2. The van der Waals surface area contributed by atoms with Crippen LogP contribution in [0.2, 0.25) is 0 Å². The highest BCUT2D eigenvalue weighted by atomic mass is 16.6. The predicted molar refractivity (Wildman–Crippen MR) is 56.4 cm³/mol. The first-order valence-electron chi connectivity index (χ1n) is 4.89. The summed E-state index contributed by atoms with van der Waals surface area (Å²) in [5.41, 5.74) is 0.884. The highest BCUT2D eigenvalue weighted by Crippen LogP contribution is 2.15. The molecule has 0 aliphatic rings. The van der Waals surface area contributed by atoms with Gasteiger partial charge in [-0.1, -0.05) is 30.3 Å². The van der Waals surface area contributed by atoms with Crippen LogP contribution in [0.1, 0.15) is 16.1 Å². The number of methoxy groups -OCH3 is 1. The monoisotopic (exact) mass is 234 g/mol. The van der Waals surface area contributed by atoms with E-state index in [9.17, 15) is 4.79 Å². The van der Waals surface area contributed by atoms with E-state index in [1.807, 2.05) is 30.3 Å². The minimum absolute atomic E-state index is 0.0284. The lowest BCUT2D eigenvalue weighted by Gasteiger charge is -2.02. The molecule has 0 unspecified atom stereocenters. The van der Waals surface area contributed by atoms with Gasteiger partial charge in [-0.05, 0) is 15.9 Å². The van der Waals surface area contributed by atoms with Gasteiger partial charge < -0.3 is 9.47 Å². The minimum atomic E-state index is -0.644. The Bertz CT molecular complexity index is 495. The lowest BCUT2D eigenvalue weighted by Crippen LogP contribution is -2.05. The zero-order valence-electron chi connectivity index (χ0n) is 9.12. The smallest absolute Gasteiger partial charge is 0.366 e. The van der Waals surface area contributed by atoms with E-state index in [4.69, 9.17) is 4.74 Å². The summed E-state index contributed by atoms with van der Waals surface area (Å²) in [5, 5.41) is 6.90. The van der Waals surface area contributed by atoms with Gasteiger partial charge in [-0.3, -0.25) is 0 Å². The average Bonchev–Trinajstić information content (AvgIpc) is 2.85. The number of hydrogen-bond acceptors (Lipinski definition) is 6. The summed E-state index contributed by atoms with van der Waals surface area (Å²) in [7, 11) is 1.25. The summed E-state index contributed by atoms with van der Waals surface area (Å²) >= 11 is 0. The fourth-order valence-corrected chi connectivity index (χ4v) is 1.22. The van der Waals surface area contributed by atoms with Gasteiger partial charge in [0, 0.05) is 0 Å². The number of rotatable bonds is 4. The maximum Gasteiger partial charge on any atom is 0.366 e. The van der Waals surface area contributed by atoms with Crippen molar-refractivity contribution in [3.63, 3.8) is 0 Å². The summed E-state index contributed by atoms with van der Waals surface area (Å²) in [6.45, 7) is 0.277. The lowest BCUT2D eigenvalue weighted by atomic mass is 10.2. The first kappa shape index (κ1) is 11.1. The van der Waals surface area contributed by atoms with Crippen molar-refractivity contribution in [3.8, 4) is 5.88 Å².